The second kappa shape index (κ2) is 8.71. The molecule has 0 spiro atoms. The van der Waals surface area contributed by atoms with Gasteiger partial charge in [0.2, 0.25) is 0 Å². The Morgan fingerprint density at radius 1 is 1.00 bits per heavy atom. The summed E-state index contributed by atoms with van der Waals surface area (Å²) in [5, 5.41) is 2.67. The first-order chi connectivity index (χ1) is 13.2. The monoisotopic (exact) mass is 365 g/mol. The number of amides is 1. The zero-order valence-electron chi connectivity index (χ0n) is 14.8. The minimum absolute atomic E-state index is 0.0650. The number of hydrogen-bond donors (Lipinski definition) is 1. The van der Waals surface area contributed by atoms with Gasteiger partial charge in [0, 0.05) is 5.56 Å². The van der Waals surface area contributed by atoms with E-state index in [0.29, 0.717) is 18.0 Å². The van der Waals surface area contributed by atoms with Crippen molar-refractivity contribution in [2.75, 3.05) is 11.9 Å². The number of ether oxygens (including phenoxy) is 2. The Morgan fingerprint density at radius 2 is 1.78 bits per heavy atom. The van der Waals surface area contributed by atoms with E-state index in [9.17, 15) is 9.59 Å². The van der Waals surface area contributed by atoms with Crippen molar-refractivity contribution in [2.45, 2.75) is 13.5 Å². The Labute approximate surface area is 156 Å². The van der Waals surface area contributed by atoms with Crippen LogP contribution in [0.5, 0.6) is 5.75 Å². The number of rotatable bonds is 7. The molecule has 2 aromatic carbocycles. The Bertz CT molecular complexity index is 918. The lowest BCUT2D eigenvalue weighted by molar-refractivity contribution is 0.0471. The predicted molar refractivity (Wildman–Crippen MR) is 99.8 cm³/mol. The van der Waals surface area contributed by atoms with Gasteiger partial charge in [-0.05, 0) is 37.3 Å². The molecule has 0 aliphatic rings. The molecule has 6 nitrogen and oxygen atoms in total. The third kappa shape index (κ3) is 4.55. The molecule has 3 rings (SSSR count). The Morgan fingerprint density at radius 3 is 2.56 bits per heavy atom. The van der Waals surface area contributed by atoms with Crippen LogP contribution in [-0.2, 0) is 11.3 Å². The average Bonchev–Trinajstić information content (AvgIpc) is 3.23. The highest BCUT2D eigenvalue weighted by Crippen LogP contribution is 2.21. The number of esters is 1. The lowest BCUT2D eigenvalue weighted by Gasteiger charge is -2.12. The molecular formula is C21H19NO5. The molecule has 0 atom stereocenters. The van der Waals surface area contributed by atoms with E-state index in [4.69, 9.17) is 13.9 Å². The van der Waals surface area contributed by atoms with Crippen LogP contribution >= 0.6 is 0 Å². The van der Waals surface area contributed by atoms with E-state index in [1.54, 1.807) is 36.4 Å². The average molecular weight is 365 g/mol. The summed E-state index contributed by atoms with van der Waals surface area (Å²) >= 11 is 0. The minimum atomic E-state index is -0.545. The summed E-state index contributed by atoms with van der Waals surface area (Å²) in [6.45, 7) is 2.48. The number of nitrogens with one attached hydrogen (secondary N) is 1. The van der Waals surface area contributed by atoms with E-state index in [1.807, 2.05) is 31.2 Å². The molecule has 138 valence electrons. The molecule has 0 saturated carbocycles. The maximum atomic E-state index is 12.5. The highest BCUT2D eigenvalue weighted by atomic mass is 16.5. The highest BCUT2D eigenvalue weighted by molar-refractivity contribution is 6.06. The second-order valence-corrected chi connectivity index (χ2v) is 5.59. The quantitative estimate of drug-likeness (QED) is 0.632. The van der Waals surface area contributed by atoms with Crippen LogP contribution in [0.15, 0.2) is 71.3 Å². The number of hydrogen-bond acceptors (Lipinski definition) is 5. The van der Waals surface area contributed by atoms with E-state index < -0.39 is 11.9 Å². The van der Waals surface area contributed by atoms with Crippen molar-refractivity contribution >= 4 is 17.6 Å². The first-order valence-electron chi connectivity index (χ1n) is 8.50. The van der Waals surface area contributed by atoms with E-state index in [0.717, 1.165) is 5.56 Å². The minimum Gasteiger partial charge on any atom is -0.493 e. The second-order valence-electron chi connectivity index (χ2n) is 5.59. The molecule has 3 aromatic rings. The third-order valence-electron chi connectivity index (χ3n) is 3.77. The normalized spacial score (nSPS) is 10.3. The summed E-state index contributed by atoms with van der Waals surface area (Å²) in [6, 6.07) is 17.2. The molecule has 6 heteroatoms. The van der Waals surface area contributed by atoms with Gasteiger partial charge in [0.25, 0.3) is 5.91 Å². The van der Waals surface area contributed by atoms with Crippen LogP contribution in [0.1, 0.15) is 33.4 Å². The fraction of sp³-hybridized carbons (Fsp3) is 0.143. The van der Waals surface area contributed by atoms with Gasteiger partial charge in [0.05, 0.1) is 24.1 Å². The van der Waals surface area contributed by atoms with Crippen molar-refractivity contribution in [3.8, 4) is 5.75 Å². The Hall–Kier alpha value is -3.54. The van der Waals surface area contributed by atoms with Gasteiger partial charge in [0.1, 0.15) is 12.4 Å². The molecule has 1 N–H and O–H groups in total. The maximum absolute atomic E-state index is 12.5. The van der Waals surface area contributed by atoms with E-state index in [1.165, 1.54) is 6.26 Å². The SMILES string of the molecule is CCOc1ccccc1COC(=O)c1ccccc1NC(=O)c1ccco1. The van der Waals surface area contributed by atoms with Crippen molar-refractivity contribution in [1.29, 1.82) is 0 Å². The first-order valence-corrected chi connectivity index (χ1v) is 8.50. The van der Waals surface area contributed by atoms with Crippen LogP contribution in [0, 0.1) is 0 Å². The van der Waals surface area contributed by atoms with Gasteiger partial charge in [-0.1, -0.05) is 30.3 Å². The van der Waals surface area contributed by atoms with Gasteiger partial charge in [-0.25, -0.2) is 4.79 Å². The first kappa shape index (κ1) is 18.3. The van der Waals surface area contributed by atoms with Gasteiger partial charge in [-0.15, -0.1) is 0 Å². The van der Waals surface area contributed by atoms with Crippen molar-refractivity contribution in [3.63, 3.8) is 0 Å². The fourth-order valence-electron chi connectivity index (χ4n) is 2.50. The van der Waals surface area contributed by atoms with Crippen molar-refractivity contribution in [3.05, 3.63) is 83.8 Å². The largest absolute Gasteiger partial charge is 0.493 e. The molecule has 0 fully saturated rings. The van der Waals surface area contributed by atoms with Crippen LogP contribution in [-0.4, -0.2) is 18.5 Å². The number of furan rings is 1. The number of anilines is 1. The molecule has 0 bridgehead atoms. The van der Waals surface area contributed by atoms with Gasteiger partial charge in [-0.2, -0.15) is 0 Å². The highest BCUT2D eigenvalue weighted by Gasteiger charge is 2.17. The molecule has 1 aromatic heterocycles. The topological polar surface area (TPSA) is 77.8 Å². The van der Waals surface area contributed by atoms with Crippen LogP contribution in [0.25, 0.3) is 0 Å². The summed E-state index contributed by atoms with van der Waals surface area (Å²) in [7, 11) is 0. The maximum Gasteiger partial charge on any atom is 0.340 e. The lowest BCUT2D eigenvalue weighted by atomic mass is 10.1. The summed E-state index contributed by atoms with van der Waals surface area (Å²) in [4.78, 5) is 24.7. The van der Waals surface area contributed by atoms with Crippen molar-refractivity contribution in [2.24, 2.45) is 0 Å². The summed E-state index contributed by atoms with van der Waals surface area (Å²) in [6.07, 6.45) is 1.41. The number of carbonyl (C=O) groups is 2. The van der Waals surface area contributed by atoms with Crippen molar-refractivity contribution in [1.82, 2.24) is 0 Å². The molecule has 1 amide bonds. The van der Waals surface area contributed by atoms with Crippen molar-refractivity contribution < 1.29 is 23.5 Å². The molecular weight excluding hydrogens is 346 g/mol. The fourth-order valence-corrected chi connectivity index (χ4v) is 2.50. The van der Waals surface area contributed by atoms with Gasteiger partial charge in [0.15, 0.2) is 5.76 Å². The zero-order valence-corrected chi connectivity index (χ0v) is 14.8. The molecule has 0 unspecified atom stereocenters. The van der Waals surface area contributed by atoms with Gasteiger partial charge in [-0.3, -0.25) is 4.79 Å². The number of carbonyl (C=O) groups excluding carboxylic acids is 2. The summed E-state index contributed by atoms with van der Waals surface area (Å²) in [5.74, 6) is -0.158. The third-order valence-corrected chi connectivity index (χ3v) is 3.77. The summed E-state index contributed by atoms with van der Waals surface area (Å²) in [5.41, 5.74) is 1.37. The van der Waals surface area contributed by atoms with E-state index in [-0.39, 0.29) is 17.9 Å². The molecule has 0 saturated heterocycles. The molecule has 0 aliphatic carbocycles. The molecule has 1 heterocycles. The van der Waals surface area contributed by atoms with Crippen LogP contribution in [0.2, 0.25) is 0 Å². The lowest BCUT2D eigenvalue weighted by Crippen LogP contribution is -2.15. The number of para-hydroxylation sites is 2. The molecule has 0 aliphatic heterocycles. The Balaban J connectivity index is 1.71. The molecule has 27 heavy (non-hydrogen) atoms. The number of benzene rings is 2. The standard InChI is InChI=1S/C21H19NO5/c1-2-25-18-11-6-3-8-15(18)14-27-21(24)16-9-4-5-10-17(16)22-20(23)19-12-7-13-26-19/h3-13H,2,14H2,1H3,(H,22,23). The predicted octanol–water partition coefficient (Wildman–Crippen LogP) is 4.29. The Kier molecular flexibility index (Phi) is 5.89. The van der Waals surface area contributed by atoms with Gasteiger partial charge < -0.3 is 19.2 Å². The van der Waals surface area contributed by atoms with Gasteiger partial charge >= 0.3 is 5.97 Å². The van der Waals surface area contributed by atoms with Crippen LogP contribution in [0.4, 0.5) is 5.69 Å². The smallest absolute Gasteiger partial charge is 0.340 e. The zero-order chi connectivity index (χ0) is 19.1. The molecule has 0 radical (unpaired) electrons. The van der Waals surface area contributed by atoms with E-state index in [2.05, 4.69) is 5.32 Å². The summed E-state index contributed by atoms with van der Waals surface area (Å²) < 4.78 is 16.0. The van der Waals surface area contributed by atoms with Crippen LogP contribution < -0.4 is 10.1 Å². The van der Waals surface area contributed by atoms with E-state index >= 15 is 0 Å². The van der Waals surface area contributed by atoms with Crippen LogP contribution in [0.3, 0.4) is 0 Å².